The highest BCUT2D eigenvalue weighted by molar-refractivity contribution is 7.80. The average molecular weight is 709 g/mol. The van der Waals surface area contributed by atoms with E-state index in [9.17, 15) is 33.5 Å². The fraction of sp³-hybridized carbons (Fsp3) is 0.583. The number of hydrogen-bond donors (Lipinski definition) is 3. The van der Waals surface area contributed by atoms with Gasteiger partial charge >= 0.3 is 11.9 Å². The van der Waals surface area contributed by atoms with Crippen LogP contribution in [0.15, 0.2) is 24.4 Å². The van der Waals surface area contributed by atoms with Crippen LogP contribution in [0.5, 0.6) is 0 Å². The summed E-state index contributed by atoms with van der Waals surface area (Å²) in [6, 6.07) is 7.01. The van der Waals surface area contributed by atoms with Crippen LogP contribution in [0.3, 0.4) is 0 Å². The Kier molecular flexibility index (Phi) is 10.2. The van der Waals surface area contributed by atoms with Gasteiger partial charge in [0.15, 0.2) is 11.5 Å². The van der Waals surface area contributed by atoms with Crippen molar-refractivity contribution in [1.82, 2.24) is 14.2 Å². The first-order chi connectivity index (χ1) is 23.3. The summed E-state index contributed by atoms with van der Waals surface area (Å²) in [5.74, 6) is -1.97. The van der Waals surface area contributed by atoms with E-state index < -0.39 is 41.1 Å². The number of ether oxygens (including phenoxy) is 1. The molecule has 13 nitrogen and oxygen atoms in total. The Bertz CT molecular complexity index is 1850. The first-order valence-corrected chi connectivity index (χ1v) is 18.2. The number of nitrogens with one attached hydrogen (secondary N) is 1. The maximum Gasteiger partial charge on any atom is 0.343 e. The summed E-state index contributed by atoms with van der Waals surface area (Å²) in [5.41, 5.74) is 0.870. The van der Waals surface area contributed by atoms with Crippen LogP contribution in [0.25, 0.3) is 17.0 Å². The molecule has 3 N–H and O–H groups in total. The lowest BCUT2D eigenvalue weighted by Crippen LogP contribution is -2.49. The van der Waals surface area contributed by atoms with Crippen molar-refractivity contribution in [2.45, 2.75) is 87.2 Å². The van der Waals surface area contributed by atoms with Gasteiger partial charge in [-0.15, -0.1) is 5.10 Å². The summed E-state index contributed by atoms with van der Waals surface area (Å²) in [6.07, 6.45) is 3.91. The summed E-state index contributed by atoms with van der Waals surface area (Å²) in [4.78, 5) is 41.3. The number of rotatable bonds is 7. The zero-order valence-electron chi connectivity index (χ0n) is 30.0. The van der Waals surface area contributed by atoms with Gasteiger partial charge in [-0.25, -0.2) is 18.1 Å². The molecule has 1 aromatic carbocycles. The van der Waals surface area contributed by atoms with Gasteiger partial charge in [-0.05, 0) is 60.6 Å². The zero-order chi connectivity index (χ0) is 36.9. The molecule has 1 aliphatic heterocycles. The number of nitriles is 1. The smallest absolute Gasteiger partial charge is 0.343 e. The molecule has 5 rings (SSSR count). The molecule has 2 fully saturated rings. The van der Waals surface area contributed by atoms with Crippen LogP contribution in [0.4, 0.5) is 11.4 Å². The van der Waals surface area contributed by atoms with Crippen LogP contribution in [-0.4, -0.2) is 65.1 Å². The van der Waals surface area contributed by atoms with Gasteiger partial charge in [-0.3, -0.25) is 18.9 Å². The number of fused-ring (bicyclic) bond motifs is 1. The summed E-state index contributed by atoms with van der Waals surface area (Å²) in [5, 5.41) is 24.4. The van der Waals surface area contributed by atoms with Gasteiger partial charge in [0.2, 0.25) is 5.91 Å². The largest absolute Gasteiger partial charge is 0.481 e. The topological polar surface area (TPSA) is 179 Å². The SMILES string of the molecule is CC(=O)n1c(-c2ccc(N3CCCC(C(=O)O)C3)c(NS(=O)O)c2)nn2cc(C#N)c(C(=O)OC3C(C(C)(C)C)CC(C)CC3C(C)(C)C)c12. The molecular formula is C36H48N6O7S. The number of nitrogens with zero attached hydrogens (tertiary/aromatic N) is 5. The van der Waals surface area contributed by atoms with Gasteiger partial charge in [0.25, 0.3) is 11.3 Å². The van der Waals surface area contributed by atoms with Crippen molar-refractivity contribution in [3.05, 3.63) is 35.5 Å². The van der Waals surface area contributed by atoms with Crippen LogP contribution in [0.2, 0.25) is 0 Å². The lowest BCUT2D eigenvalue weighted by atomic mass is 9.59. The van der Waals surface area contributed by atoms with E-state index >= 15 is 0 Å². The van der Waals surface area contributed by atoms with Crippen molar-refractivity contribution in [2.75, 3.05) is 22.7 Å². The van der Waals surface area contributed by atoms with Gasteiger partial charge < -0.3 is 14.7 Å². The Balaban J connectivity index is 1.61. The molecule has 1 saturated heterocycles. The van der Waals surface area contributed by atoms with E-state index in [1.165, 1.54) is 22.2 Å². The number of carbonyl (C=O) groups excluding carboxylic acids is 2. The third-order valence-corrected chi connectivity index (χ3v) is 10.8. The van der Waals surface area contributed by atoms with Crippen molar-refractivity contribution < 1.29 is 33.0 Å². The Morgan fingerprint density at radius 1 is 1.10 bits per heavy atom. The predicted molar refractivity (Wildman–Crippen MR) is 190 cm³/mol. The molecule has 2 aliphatic rings. The van der Waals surface area contributed by atoms with Gasteiger partial charge in [-0.2, -0.15) is 5.26 Å². The molecule has 4 unspecified atom stereocenters. The Morgan fingerprint density at radius 2 is 1.74 bits per heavy atom. The van der Waals surface area contributed by atoms with Gasteiger partial charge in [-0.1, -0.05) is 48.5 Å². The molecule has 0 amide bonds. The van der Waals surface area contributed by atoms with Crippen molar-refractivity contribution in [3.8, 4) is 17.5 Å². The van der Waals surface area contributed by atoms with Crippen LogP contribution in [0.1, 0.15) is 102 Å². The Hall–Kier alpha value is -4.22. The average Bonchev–Trinajstić information content (AvgIpc) is 3.56. The minimum atomic E-state index is -2.46. The monoisotopic (exact) mass is 708 g/mol. The van der Waals surface area contributed by atoms with Gasteiger partial charge in [0.1, 0.15) is 17.7 Å². The predicted octanol–water partition coefficient (Wildman–Crippen LogP) is 6.46. The maximum absolute atomic E-state index is 14.3. The number of carboxylic acid groups (broad SMARTS) is 1. The standard InChI is InChI=1S/C36H48N6O7S/c1-20-14-25(35(3,4)5)30(26(15-20)36(6,7)8)49-34(46)29-24(17-37)19-41-32(29)42(21(2)43)31(38-41)22-11-12-28(27(16-22)39-50(47)48)40-13-9-10-23(18-40)33(44)45/h11-12,16,19-20,23,25-26,30,39H,9-10,13-15,18H2,1-8H3,(H,44,45)(H,47,48). The lowest BCUT2D eigenvalue weighted by Gasteiger charge is -2.50. The van der Waals surface area contributed by atoms with E-state index in [1.807, 2.05) is 4.90 Å². The number of anilines is 2. The number of hydrogen-bond acceptors (Lipinski definition) is 8. The van der Waals surface area contributed by atoms with Gasteiger partial charge in [0.05, 0.1) is 22.9 Å². The summed E-state index contributed by atoms with van der Waals surface area (Å²) < 4.78 is 33.3. The normalized spacial score (nSPS) is 23.7. The van der Waals surface area contributed by atoms with E-state index in [4.69, 9.17) is 4.74 Å². The lowest BCUT2D eigenvalue weighted by molar-refractivity contribution is -0.141. The van der Waals surface area contributed by atoms with E-state index in [2.05, 4.69) is 64.4 Å². The second kappa shape index (κ2) is 13.8. The summed E-state index contributed by atoms with van der Waals surface area (Å²) in [6.45, 7) is 17.3. The summed E-state index contributed by atoms with van der Waals surface area (Å²) >= 11 is -2.46. The van der Waals surface area contributed by atoms with E-state index in [1.54, 1.807) is 18.2 Å². The quantitative estimate of drug-likeness (QED) is 0.182. The Labute approximate surface area is 295 Å². The molecule has 50 heavy (non-hydrogen) atoms. The molecule has 1 saturated carbocycles. The number of aromatic nitrogens is 3. The number of carbonyl (C=O) groups is 3. The van der Waals surface area contributed by atoms with Crippen LogP contribution < -0.4 is 9.62 Å². The molecule has 2 aromatic heterocycles. The van der Waals surface area contributed by atoms with Crippen LogP contribution in [0, 0.1) is 45.8 Å². The van der Waals surface area contributed by atoms with Crippen molar-refractivity contribution >= 4 is 46.1 Å². The minimum Gasteiger partial charge on any atom is -0.481 e. The molecule has 0 radical (unpaired) electrons. The van der Waals surface area contributed by atoms with E-state index in [-0.39, 0.29) is 57.5 Å². The summed E-state index contributed by atoms with van der Waals surface area (Å²) in [7, 11) is 0. The number of esters is 1. The zero-order valence-corrected chi connectivity index (χ0v) is 30.8. The minimum absolute atomic E-state index is 0.0225. The molecule has 270 valence electrons. The fourth-order valence-electron chi connectivity index (χ4n) is 7.87. The Morgan fingerprint density at radius 3 is 2.28 bits per heavy atom. The van der Waals surface area contributed by atoms with Crippen molar-refractivity contribution in [3.63, 3.8) is 0 Å². The molecule has 14 heteroatoms. The van der Waals surface area contributed by atoms with Crippen molar-refractivity contribution in [1.29, 1.82) is 5.26 Å². The first-order valence-electron chi connectivity index (χ1n) is 17.1. The third-order valence-electron chi connectivity index (χ3n) is 10.4. The number of benzene rings is 1. The maximum atomic E-state index is 14.3. The molecule has 0 bridgehead atoms. The molecular weight excluding hydrogens is 660 g/mol. The van der Waals surface area contributed by atoms with E-state index in [0.29, 0.717) is 36.6 Å². The molecule has 3 heterocycles. The van der Waals surface area contributed by atoms with E-state index in [0.717, 1.165) is 12.8 Å². The highest BCUT2D eigenvalue weighted by Crippen LogP contribution is 2.50. The number of piperidine rings is 1. The van der Waals surface area contributed by atoms with Crippen LogP contribution >= 0.6 is 0 Å². The number of aliphatic carboxylic acids is 1. The van der Waals surface area contributed by atoms with Crippen molar-refractivity contribution in [2.24, 2.45) is 34.5 Å². The molecule has 0 spiro atoms. The highest BCUT2D eigenvalue weighted by Gasteiger charge is 2.48. The molecule has 1 aliphatic carbocycles. The number of carboxylic acids is 1. The fourth-order valence-corrected chi connectivity index (χ4v) is 8.22. The third kappa shape index (κ3) is 7.30. The molecule has 3 aromatic rings. The second-order valence-electron chi connectivity index (χ2n) is 16.1. The molecule has 4 atom stereocenters. The van der Waals surface area contributed by atoms with Gasteiger partial charge in [0, 0.05) is 43.6 Å². The highest BCUT2D eigenvalue weighted by atomic mass is 32.2. The van der Waals surface area contributed by atoms with Crippen LogP contribution in [-0.2, 0) is 20.8 Å². The second-order valence-corrected chi connectivity index (χ2v) is 16.8. The first kappa shape index (κ1) is 37.0.